The van der Waals surface area contributed by atoms with Crippen molar-refractivity contribution < 1.29 is 80.2 Å². The van der Waals surface area contributed by atoms with E-state index >= 15 is 0 Å². The van der Waals surface area contributed by atoms with Gasteiger partial charge < -0.3 is 33.8 Å². The standard InChI is InChI=1S/C73H142O17P2/c1-63(2)49-41-33-25-21-17-13-11-9-10-12-14-19-23-27-37-45-53-70(75)83-59-68(89-72(77)55-47-39-28-24-20-16-15-18-22-26-34-42-50-64(3)4)61-87-91(79,80)85-57-67(74)58-86-92(81,82)88-62-69(90-73(78)56-48-40-32-30-36-44-52-66(7)8)60-84-71(76)54-46-38-31-29-35-43-51-65(5)6/h63-69,74H,9-62H2,1-8H3,(H,79,80)(H,81,82)/t67-,68-,69-/m1/s1. The second-order valence-corrected chi connectivity index (χ2v) is 31.1. The highest BCUT2D eigenvalue weighted by Crippen LogP contribution is 2.45. The summed E-state index contributed by atoms with van der Waals surface area (Å²) in [7, 11) is -9.90. The predicted molar refractivity (Wildman–Crippen MR) is 372 cm³/mol. The van der Waals surface area contributed by atoms with Gasteiger partial charge in [-0.05, 0) is 49.4 Å². The van der Waals surface area contributed by atoms with E-state index < -0.39 is 97.5 Å². The molecule has 19 heteroatoms. The molecular weight excluding hydrogens is 1210 g/mol. The fraction of sp³-hybridized carbons (Fsp3) is 0.945. The molecule has 0 spiro atoms. The molecule has 5 atom stereocenters. The average molecular weight is 1350 g/mol. The lowest BCUT2D eigenvalue weighted by Gasteiger charge is -2.21. The summed E-state index contributed by atoms with van der Waals surface area (Å²) in [6.07, 6.45) is 46.3. The second kappa shape index (κ2) is 62.6. The number of esters is 4. The number of ether oxygens (including phenoxy) is 4. The molecule has 0 bridgehead atoms. The number of phosphoric acid groups is 2. The Hall–Kier alpha value is -1.94. The molecule has 546 valence electrons. The minimum Gasteiger partial charge on any atom is -0.462 e. The summed E-state index contributed by atoms with van der Waals surface area (Å²) in [5.74, 6) is 0.807. The van der Waals surface area contributed by atoms with Crippen LogP contribution in [0.2, 0.25) is 0 Å². The van der Waals surface area contributed by atoms with Crippen molar-refractivity contribution in [3.8, 4) is 0 Å². The third-order valence-corrected chi connectivity index (χ3v) is 18.7. The third kappa shape index (κ3) is 66.7. The van der Waals surface area contributed by atoms with Crippen molar-refractivity contribution >= 4 is 39.5 Å². The number of carbonyl (C=O) groups is 4. The number of phosphoric ester groups is 2. The Morgan fingerprint density at radius 1 is 0.272 bits per heavy atom. The van der Waals surface area contributed by atoms with Crippen molar-refractivity contribution in [2.24, 2.45) is 23.7 Å². The van der Waals surface area contributed by atoms with Crippen LogP contribution in [-0.2, 0) is 65.4 Å². The van der Waals surface area contributed by atoms with Crippen molar-refractivity contribution in [2.45, 2.75) is 382 Å². The molecule has 0 saturated heterocycles. The molecule has 0 aliphatic heterocycles. The monoisotopic (exact) mass is 1350 g/mol. The van der Waals surface area contributed by atoms with E-state index in [1.807, 2.05) is 0 Å². The van der Waals surface area contributed by atoms with Crippen LogP contribution in [0.4, 0.5) is 0 Å². The van der Waals surface area contributed by atoms with E-state index in [-0.39, 0.29) is 25.7 Å². The van der Waals surface area contributed by atoms with Crippen LogP contribution < -0.4 is 0 Å². The van der Waals surface area contributed by atoms with E-state index in [0.29, 0.717) is 37.5 Å². The van der Waals surface area contributed by atoms with Gasteiger partial charge in [0.25, 0.3) is 0 Å². The summed E-state index contributed by atoms with van der Waals surface area (Å²) < 4.78 is 68.3. The topological polar surface area (TPSA) is 237 Å². The largest absolute Gasteiger partial charge is 0.472 e. The minimum atomic E-state index is -4.96. The molecule has 0 amide bonds. The van der Waals surface area contributed by atoms with Gasteiger partial charge in [0.15, 0.2) is 12.2 Å². The molecule has 3 N–H and O–H groups in total. The van der Waals surface area contributed by atoms with Gasteiger partial charge in [-0.25, -0.2) is 9.13 Å². The van der Waals surface area contributed by atoms with Crippen LogP contribution in [0.25, 0.3) is 0 Å². The Balaban J connectivity index is 5.19. The molecule has 0 aliphatic rings. The van der Waals surface area contributed by atoms with Crippen molar-refractivity contribution in [3.63, 3.8) is 0 Å². The minimum absolute atomic E-state index is 0.101. The molecule has 17 nitrogen and oxygen atoms in total. The lowest BCUT2D eigenvalue weighted by atomic mass is 10.0. The first-order valence-corrected chi connectivity index (χ1v) is 40.7. The highest BCUT2D eigenvalue weighted by Gasteiger charge is 2.30. The molecule has 0 saturated carbocycles. The molecule has 0 radical (unpaired) electrons. The summed E-state index contributed by atoms with van der Waals surface area (Å²) in [5.41, 5.74) is 0. The van der Waals surface area contributed by atoms with Crippen molar-refractivity contribution in [3.05, 3.63) is 0 Å². The van der Waals surface area contributed by atoms with Crippen LogP contribution in [0, 0.1) is 23.7 Å². The first-order chi connectivity index (χ1) is 44.1. The van der Waals surface area contributed by atoms with E-state index in [9.17, 15) is 43.2 Å². The number of hydrogen-bond donors (Lipinski definition) is 3. The van der Waals surface area contributed by atoms with Gasteiger partial charge in [-0.2, -0.15) is 0 Å². The Morgan fingerprint density at radius 2 is 0.457 bits per heavy atom. The van der Waals surface area contributed by atoms with E-state index in [0.717, 1.165) is 108 Å². The SMILES string of the molecule is CC(C)CCCCCCCCCCCCCCCCCCC(=O)OC[C@H](COP(=O)(O)OC[C@@H](O)COP(=O)(O)OC[C@@H](COC(=O)CCCCCCCCC(C)C)OC(=O)CCCCCCCCC(C)C)OC(=O)CCCCCCCCCCCCCCC(C)C. The molecule has 0 aromatic rings. The number of hydrogen-bond acceptors (Lipinski definition) is 15. The van der Waals surface area contributed by atoms with Gasteiger partial charge in [-0.3, -0.25) is 37.3 Å². The Morgan fingerprint density at radius 3 is 0.674 bits per heavy atom. The smallest absolute Gasteiger partial charge is 0.462 e. The third-order valence-electron chi connectivity index (χ3n) is 16.8. The molecular formula is C73H142O17P2. The van der Waals surface area contributed by atoms with Crippen LogP contribution in [0.3, 0.4) is 0 Å². The van der Waals surface area contributed by atoms with Crippen LogP contribution in [0.1, 0.15) is 364 Å². The van der Waals surface area contributed by atoms with Gasteiger partial charge >= 0.3 is 39.5 Å². The van der Waals surface area contributed by atoms with Gasteiger partial charge in [0.1, 0.15) is 19.3 Å². The first-order valence-electron chi connectivity index (χ1n) is 37.7. The van der Waals surface area contributed by atoms with Gasteiger partial charge in [0.05, 0.1) is 26.4 Å². The highest BCUT2D eigenvalue weighted by molar-refractivity contribution is 7.47. The maximum atomic E-state index is 13.1. The van der Waals surface area contributed by atoms with E-state index in [4.69, 9.17) is 37.0 Å². The van der Waals surface area contributed by atoms with Gasteiger partial charge in [-0.1, -0.05) is 312 Å². The lowest BCUT2D eigenvalue weighted by molar-refractivity contribution is -0.161. The van der Waals surface area contributed by atoms with Gasteiger partial charge in [0.2, 0.25) is 0 Å². The van der Waals surface area contributed by atoms with Gasteiger partial charge in [-0.15, -0.1) is 0 Å². The zero-order valence-electron chi connectivity index (χ0n) is 60.2. The molecule has 92 heavy (non-hydrogen) atoms. The second-order valence-electron chi connectivity index (χ2n) is 28.2. The van der Waals surface area contributed by atoms with Crippen molar-refractivity contribution in [1.29, 1.82) is 0 Å². The average Bonchev–Trinajstić information content (AvgIpc) is 2.29. The molecule has 0 heterocycles. The van der Waals surface area contributed by atoms with Gasteiger partial charge in [0, 0.05) is 25.7 Å². The van der Waals surface area contributed by atoms with Crippen LogP contribution >= 0.6 is 15.6 Å². The van der Waals surface area contributed by atoms with Crippen molar-refractivity contribution in [2.75, 3.05) is 39.6 Å². The number of aliphatic hydroxyl groups excluding tert-OH is 1. The molecule has 0 fully saturated rings. The molecule has 0 aromatic carbocycles. The Labute approximate surface area is 562 Å². The molecule has 0 rings (SSSR count). The lowest BCUT2D eigenvalue weighted by Crippen LogP contribution is -2.30. The van der Waals surface area contributed by atoms with Crippen LogP contribution in [-0.4, -0.2) is 96.7 Å². The molecule has 0 aliphatic carbocycles. The molecule has 0 aromatic heterocycles. The number of aliphatic hydroxyl groups is 1. The predicted octanol–water partition coefficient (Wildman–Crippen LogP) is 20.9. The number of carbonyl (C=O) groups excluding carboxylic acids is 4. The highest BCUT2D eigenvalue weighted by atomic mass is 31.2. The Bertz CT molecular complexity index is 1820. The zero-order valence-corrected chi connectivity index (χ0v) is 62.0. The normalized spacial score (nSPS) is 14.2. The fourth-order valence-corrected chi connectivity index (χ4v) is 12.6. The quantitative estimate of drug-likeness (QED) is 0.0222. The zero-order chi connectivity index (χ0) is 68.2. The summed E-state index contributed by atoms with van der Waals surface area (Å²) in [6, 6.07) is 0. The molecule has 2 unspecified atom stereocenters. The summed E-state index contributed by atoms with van der Waals surface area (Å²) in [4.78, 5) is 72.5. The summed E-state index contributed by atoms with van der Waals surface area (Å²) in [5, 5.41) is 10.6. The number of unbranched alkanes of at least 4 members (excludes halogenated alkanes) is 36. The summed E-state index contributed by atoms with van der Waals surface area (Å²) >= 11 is 0. The van der Waals surface area contributed by atoms with Crippen LogP contribution in [0.15, 0.2) is 0 Å². The van der Waals surface area contributed by atoms with E-state index in [2.05, 4.69) is 55.4 Å². The Kier molecular flexibility index (Phi) is 61.3. The maximum absolute atomic E-state index is 13.1. The number of rotatable bonds is 70. The van der Waals surface area contributed by atoms with Crippen LogP contribution in [0.5, 0.6) is 0 Å². The first kappa shape index (κ1) is 90.1. The fourth-order valence-electron chi connectivity index (χ4n) is 11.0. The summed E-state index contributed by atoms with van der Waals surface area (Å²) in [6.45, 7) is 14.0. The maximum Gasteiger partial charge on any atom is 0.472 e. The van der Waals surface area contributed by atoms with E-state index in [1.54, 1.807) is 0 Å². The van der Waals surface area contributed by atoms with Crippen molar-refractivity contribution in [1.82, 2.24) is 0 Å². The van der Waals surface area contributed by atoms with E-state index in [1.165, 1.54) is 161 Å².